The number of carbonyl (C=O) groups excluding carboxylic acids is 1. The summed E-state index contributed by atoms with van der Waals surface area (Å²) in [6.07, 6.45) is 10.1. The molecule has 18 heavy (non-hydrogen) atoms. The zero-order chi connectivity index (χ0) is 13.0. The summed E-state index contributed by atoms with van der Waals surface area (Å²) < 4.78 is 0. The van der Waals surface area contributed by atoms with Gasteiger partial charge in [0.15, 0.2) is 0 Å². The standard InChI is InChI=1S/C14H27N3O/c1-2-5-12(13(18)16-15)17-10-8-14(9-11-17)6-3-4-7-14/h12H,2-11,15H2,1H3,(H,16,18). The van der Waals surface area contributed by atoms with Gasteiger partial charge in [0.25, 0.3) is 5.91 Å². The zero-order valence-electron chi connectivity index (χ0n) is 11.6. The van der Waals surface area contributed by atoms with Crippen LogP contribution in [0.5, 0.6) is 0 Å². The minimum absolute atomic E-state index is 0.0146. The first-order valence-corrected chi connectivity index (χ1v) is 7.45. The minimum Gasteiger partial charge on any atom is -0.293 e. The van der Waals surface area contributed by atoms with E-state index in [0.717, 1.165) is 25.9 Å². The molecule has 1 heterocycles. The zero-order valence-corrected chi connectivity index (χ0v) is 11.6. The van der Waals surface area contributed by atoms with Gasteiger partial charge in [-0.3, -0.25) is 15.1 Å². The van der Waals surface area contributed by atoms with Gasteiger partial charge in [-0.05, 0) is 50.6 Å². The normalized spacial score (nSPS) is 25.2. The molecule has 1 aliphatic carbocycles. The summed E-state index contributed by atoms with van der Waals surface area (Å²) in [4.78, 5) is 14.2. The molecule has 0 bridgehead atoms. The molecule has 1 saturated heterocycles. The largest absolute Gasteiger partial charge is 0.293 e. The van der Waals surface area contributed by atoms with E-state index in [1.807, 2.05) is 0 Å². The molecule has 0 aromatic carbocycles. The van der Waals surface area contributed by atoms with Gasteiger partial charge in [0, 0.05) is 0 Å². The molecule has 1 saturated carbocycles. The number of piperidine rings is 1. The molecule has 0 radical (unpaired) electrons. The maximum Gasteiger partial charge on any atom is 0.251 e. The highest BCUT2D eigenvalue weighted by molar-refractivity contribution is 5.81. The molecule has 3 N–H and O–H groups in total. The Morgan fingerprint density at radius 1 is 1.28 bits per heavy atom. The van der Waals surface area contributed by atoms with E-state index < -0.39 is 0 Å². The molecule has 0 aromatic heterocycles. The molecule has 0 aromatic rings. The second kappa shape index (κ2) is 6.02. The SMILES string of the molecule is CCCC(C(=O)NN)N1CCC2(CCCC2)CC1. The summed E-state index contributed by atoms with van der Waals surface area (Å²) in [5.41, 5.74) is 2.95. The van der Waals surface area contributed by atoms with Crippen LogP contribution in [0, 0.1) is 5.41 Å². The van der Waals surface area contributed by atoms with Crippen LogP contribution < -0.4 is 11.3 Å². The number of carbonyl (C=O) groups is 1. The maximum absolute atomic E-state index is 11.8. The van der Waals surface area contributed by atoms with E-state index in [1.165, 1.54) is 38.5 Å². The highest BCUT2D eigenvalue weighted by Crippen LogP contribution is 2.46. The van der Waals surface area contributed by atoms with Crippen molar-refractivity contribution >= 4 is 5.91 Å². The van der Waals surface area contributed by atoms with Crippen molar-refractivity contribution in [3.05, 3.63) is 0 Å². The highest BCUT2D eigenvalue weighted by atomic mass is 16.2. The molecule has 2 aliphatic rings. The van der Waals surface area contributed by atoms with E-state index in [9.17, 15) is 4.79 Å². The Morgan fingerprint density at radius 3 is 2.39 bits per heavy atom. The van der Waals surface area contributed by atoms with Gasteiger partial charge in [0.2, 0.25) is 0 Å². The molecular weight excluding hydrogens is 226 g/mol. The number of hydrogen-bond acceptors (Lipinski definition) is 3. The third-order valence-corrected chi connectivity index (χ3v) is 4.97. The van der Waals surface area contributed by atoms with Crippen molar-refractivity contribution in [2.45, 2.75) is 64.3 Å². The van der Waals surface area contributed by atoms with Crippen molar-refractivity contribution in [1.82, 2.24) is 10.3 Å². The first kappa shape index (κ1) is 13.8. The van der Waals surface area contributed by atoms with Crippen molar-refractivity contribution < 1.29 is 4.79 Å². The van der Waals surface area contributed by atoms with Crippen molar-refractivity contribution in [2.75, 3.05) is 13.1 Å². The van der Waals surface area contributed by atoms with Gasteiger partial charge in [0.1, 0.15) is 0 Å². The monoisotopic (exact) mass is 253 g/mol. The van der Waals surface area contributed by atoms with Crippen LogP contribution in [0.2, 0.25) is 0 Å². The molecule has 2 rings (SSSR count). The first-order valence-electron chi connectivity index (χ1n) is 7.45. The lowest BCUT2D eigenvalue weighted by molar-refractivity contribution is -0.127. The first-order chi connectivity index (χ1) is 8.71. The van der Waals surface area contributed by atoms with E-state index >= 15 is 0 Å². The Kier molecular flexibility index (Phi) is 4.62. The van der Waals surface area contributed by atoms with Crippen molar-refractivity contribution in [3.8, 4) is 0 Å². The van der Waals surface area contributed by atoms with Gasteiger partial charge in [-0.1, -0.05) is 26.2 Å². The van der Waals surface area contributed by atoms with Crippen LogP contribution in [0.4, 0.5) is 0 Å². The number of hydrogen-bond donors (Lipinski definition) is 2. The average molecular weight is 253 g/mol. The molecule has 1 spiro atoms. The second-order valence-electron chi connectivity index (χ2n) is 6.06. The Balaban J connectivity index is 1.91. The third kappa shape index (κ3) is 2.86. The number of amides is 1. The molecule has 4 nitrogen and oxygen atoms in total. The fourth-order valence-electron chi connectivity index (χ4n) is 3.78. The minimum atomic E-state index is -0.0150. The fraction of sp³-hybridized carbons (Fsp3) is 0.929. The van der Waals surface area contributed by atoms with Crippen LogP contribution in [0.3, 0.4) is 0 Å². The summed E-state index contributed by atoms with van der Waals surface area (Å²) in [7, 11) is 0. The summed E-state index contributed by atoms with van der Waals surface area (Å²) in [5, 5.41) is 0. The van der Waals surface area contributed by atoms with Gasteiger partial charge in [0.05, 0.1) is 6.04 Å². The molecule has 1 unspecified atom stereocenters. The Labute approximate surface area is 110 Å². The van der Waals surface area contributed by atoms with Crippen LogP contribution >= 0.6 is 0 Å². The summed E-state index contributed by atoms with van der Waals surface area (Å²) >= 11 is 0. The lowest BCUT2D eigenvalue weighted by atomic mass is 9.76. The van der Waals surface area contributed by atoms with E-state index in [1.54, 1.807) is 0 Å². The average Bonchev–Trinajstić information content (AvgIpc) is 2.85. The predicted octanol–water partition coefficient (Wildman–Crippen LogP) is 1.80. The van der Waals surface area contributed by atoms with Crippen molar-refractivity contribution in [3.63, 3.8) is 0 Å². The Morgan fingerprint density at radius 2 is 1.89 bits per heavy atom. The van der Waals surface area contributed by atoms with Gasteiger partial charge in [-0.2, -0.15) is 0 Å². The van der Waals surface area contributed by atoms with Gasteiger partial charge in [-0.25, -0.2) is 5.84 Å². The van der Waals surface area contributed by atoms with Gasteiger partial charge in [-0.15, -0.1) is 0 Å². The van der Waals surface area contributed by atoms with Crippen LogP contribution in [0.15, 0.2) is 0 Å². The van der Waals surface area contributed by atoms with E-state index in [-0.39, 0.29) is 11.9 Å². The second-order valence-corrected chi connectivity index (χ2v) is 6.06. The molecule has 104 valence electrons. The molecule has 2 fully saturated rings. The van der Waals surface area contributed by atoms with Gasteiger partial charge >= 0.3 is 0 Å². The lowest BCUT2D eigenvalue weighted by Crippen LogP contribution is -2.52. The smallest absolute Gasteiger partial charge is 0.251 e. The van der Waals surface area contributed by atoms with Crippen LogP contribution in [-0.4, -0.2) is 29.9 Å². The summed E-state index contributed by atoms with van der Waals surface area (Å²) in [6, 6.07) is -0.0150. The Bertz CT molecular complexity index is 277. The van der Waals surface area contributed by atoms with Gasteiger partial charge < -0.3 is 0 Å². The molecule has 4 heteroatoms. The number of likely N-dealkylation sites (tertiary alicyclic amines) is 1. The number of rotatable bonds is 4. The topological polar surface area (TPSA) is 58.4 Å². The van der Waals surface area contributed by atoms with E-state index in [2.05, 4.69) is 17.2 Å². The van der Waals surface area contributed by atoms with Crippen molar-refractivity contribution in [1.29, 1.82) is 0 Å². The lowest BCUT2D eigenvalue weighted by Gasteiger charge is -2.42. The van der Waals surface area contributed by atoms with E-state index in [4.69, 9.17) is 5.84 Å². The summed E-state index contributed by atoms with van der Waals surface area (Å²) in [5.74, 6) is 5.28. The maximum atomic E-state index is 11.8. The third-order valence-electron chi connectivity index (χ3n) is 4.97. The fourth-order valence-corrected chi connectivity index (χ4v) is 3.78. The predicted molar refractivity (Wildman–Crippen MR) is 72.7 cm³/mol. The van der Waals surface area contributed by atoms with Crippen LogP contribution in [0.1, 0.15) is 58.3 Å². The van der Waals surface area contributed by atoms with Crippen molar-refractivity contribution in [2.24, 2.45) is 11.3 Å². The molecule has 1 atom stereocenters. The van der Waals surface area contributed by atoms with Crippen LogP contribution in [-0.2, 0) is 4.79 Å². The number of hydrazine groups is 1. The number of nitrogens with zero attached hydrogens (tertiary/aromatic N) is 1. The highest BCUT2D eigenvalue weighted by Gasteiger charge is 2.39. The molecule has 1 aliphatic heterocycles. The molecular formula is C14H27N3O. The Hall–Kier alpha value is -0.610. The van der Waals surface area contributed by atoms with Crippen LogP contribution in [0.25, 0.3) is 0 Å². The summed E-state index contributed by atoms with van der Waals surface area (Å²) in [6.45, 7) is 4.26. The quantitative estimate of drug-likeness (QED) is 0.456. The van der Waals surface area contributed by atoms with E-state index in [0.29, 0.717) is 5.41 Å². The number of nitrogens with two attached hydrogens (primary N) is 1. The molecule has 1 amide bonds. The number of nitrogens with one attached hydrogen (secondary N) is 1.